The van der Waals surface area contributed by atoms with Gasteiger partial charge in [0.1, 0.15) is 11.9 Å². The van der Waals surface area contributed by atoms with Crippen LogP contribution in [0, 0.1) is 22.2 Å². The van der Waals surface area contributed by atoms with Gasteiger partial charge in [0.2, 0.25) is 5.91 Å². The average Bonchev–Trinajstić information content (AvgIpc) is 3.16. The number of carbonyl (C=O) groups excluding carboxylic acids is 2. The van der Waals surface area contributed by atoms with Gasteiger partial charge < -0.3 is 15.5 Å². The first-order valence-electron chi connectivity index (χ1n) is 10.6. The molecule has 1 fully saturated rings. The fraction of sp³-hybridized carbons (Fsp3) is 0.167. The number of nitrogens with one attached hydrogen (secondary N) is 3. The highest BCUT2D eigenvalue weighted by Gasteiger charge is 2.36. The van der Waals surface area contributed by atoms with Gasteiger partial charge in [-0.2, -0.15) is 0 Å². The van der Waals surface area contributed by atoms with Crippen LogP contribution in [-0.2, 0) is 14.5 Å². The topological polar surface area (TPSA) is 102 Å². The smallest absolute Gasteiger partial charge is 0.319 e. The Labute approximate surface area is 210 Å². The second-order valence-corrected chi connectivity index (χ2v) is 10.7. The van der Waals surface area contributed by atoms with Crippen molar-refractivity contribution in [3.63, 3.8) is 0 Å². The quantitative estimate of drug-likeness (QED) is 0.407. The number of urea groups is 1. The second kappa shape index (κ2) is 9.82. The van der Waals surface area contributed by atoms with Crippen LogP contribution in [0.1, 0.15) is 6.42 Å². The van der Waals surface area contributed by atoms with E-state index in [1.165, 1.54) is 42.7 Å². The minimum atomic E-state index is -3.22. The maximum atomic E-state index is 15.1. The molecule has 3 amide bonds. The standard InChI is InChI=1S/C24H20ClF3N4O3S/c1-36(29,35)20-5-3-2-4-14(20)15-7-9-19(22(28)21(15)27)32-11-10-18(23(32)33)31-24(34)30-17-8-6-13(25)12-16(17)26/h2-9,12,18,29H,10-11H2,1H3,(H2,30,31,34)/t18-,36?/m1/s1. The van der Waals surface area contributed by atoms with E-state index in [1.54, 1.807) is 12.1 Å². The summed E-state index contributed by atoms with van der Waals surface area (Å²) in [6.45, 7) is 0.000872. The van der Waals surface area contributed by atoms with Gasteiger partial charge in [-0.05, 0) is 42.8 Å². The molecule has 0 saturated carbocycles. The van der Waals surface area contributed by atoms with E-state index < -0.39 is 45.2 Å². The summed E-state index contributed by atoms with van der Waals surface area (Å²) in [4.78, 5) is 26.2. The molecule has 0 radical (unpaired) electrons. The molecule has 188 valence electrons. The van der Waals surface area contributed by atoms with Crippen LogP contribution in [0.5, 0.6) is 0 Å². The van der Waals surface area contributed by atoms with Gasteiger partial charge in [0.25, 0.3) is 0 Å². The van der Waals surface area contributed by atoms with Gasteiger partial charge in [-0.1, -0.05) is 29.8 Å². The monoisotopic (exact) mass is 536 g/mol. The summed E-state index contributed by atoms with van der Waals surface area (Å²) in [5.41, 5.74) is -0.553. The van der Waals surface area contributed by atoms with Crippen molar-refractivity contribution < 1.29 is 27.0 Å². The van der Waals surface area contributed by atoms with Gasteiger partial charge in [-0.15, -0.1) is 0 Å². The third-order valence-corrected chi connectivity index (χ3v) is 7.07. The minimum Gasteiger partial charge on any atom is -0.326 e. The first kappa shape index (κ1) is 25.5. The number of carbonyl (C=O) groups is 2. The lowest BCUT2D eigenvalue weighted by molar-refractivity contribution is -0.118. The molecule has 1 heterocycles. The average molecular weight is 537 g/mol. The summed E-state index contributed by atoms with van der Waals surface area (Å²) < 4.78 is 64.3. The Morgan fingerprint density at radius 2 is 1.81 bits per heavy atom. The van der Waals surface area contributed by atoms with Crippen LogP contribution >= 0.6 is 11.6 Å². The van der Waals surface area contributed by atoms with E-state index in [2.05, 4.69) is 10.6 Å². The van der Waals surface area contributed by atoms with Gasteiger partial charge in [-0.3, -0.25) is 4.79 Å². The van der Waals surface area contributed by atoms with Crippen molar-refractivity contribution in [1.82, 2.24) is 5.32 Å². The van der Waals surface area contributed by atoms with Crippen LogP contribution in [0.25, 0.3) is 11.1 Å². The van der Waals surface area contributed by atoms with Crippen LogP contribution in [0.3, 0.4) is 0 Å². The lowest BCUT2D eigenvalue weighted by Gasteiger charge is -2.20. The summed E-state index contributed by atoms with van der Waals surface area (Å²) in [5, 5.41) is 4.82. The van der Waals surface area contributed by atoms with Gasteiger partial charge in [0.05, 0.1) is 26.0 Å². The van der Waals surface area contributed by atoms with Gasteiger partial charge >= 0.3 is 6.03 Å². The van der Waals surface area contributed by atoms with Crippen molar-refractivity contribution in [1.29, 1.82) is 4.78 Å². The summed E-state index contributed by atoms with van der Waals surface area (Å²) >= 11 is 5.68. The van der Waals surface area contributed by atoms with Crippen molar-refractivity contribution >= 4 is 44.6 Å². The van der Waals surface area contributed by atoms with Crippen LogP contribution in [-0.4, -0.2) is 35.0 Å². The maximum Gasteiger partial charge on any atom is 0.319 e. The van der Waals surface area contributed by atoms with Crippen LogP contribution in [0.2, 0.25) is 5.02 Å². The van der Waals surface area contributed by atoms with Crippen LogP contribution < -0.4 is 15.5 Å². The normalized spacial score (nSPS) is 17.1. The molecule has 0 aliphatic carbocycles. The molecule has 36 heavy (non-hydrogen) atoms. The van der Waals surface area contributed by atoms with E-state index >= 15 is 8.78 Å². The van der Waals surface area contributed by atoms with E-state index in [0.29, 0.717) is 0 Å². The Balaban J connectivity index is 1.54. The summed E-state index contributed by atoms with van der Waals surface area (Å²) in [7, 11) is -3.22. The Bertz CT molecular complexity index is 1480. The van der Waals surface area contributed by atoms with Gasteiger partial charge in [-0.25, -0.2) is 27.0 Å². The Morgan fingerprint density at radius 3 is 2.50 bits per heavy atom. The molecule has 3 N–H and O–H groups in total. The van der Waals surface area contributed by atoms with Gasteiger partial charge in [0, 0.05) is 29.0 Å². The van der Waals surface area contributed by atoms with Crippen molar-refractivity contribution in [2.24, 2.45) is 0 Å². The van der Waals surface area contributed by atoms with Crippen LogP contribution in [0.4, 0.5) is 29.3 Å². The molecule has 1 aliphatic heterocycles. The maximum absolute atomic E-state index is 15.1. The molecule has 3 aromatic carbocycles. The molecule has 7 nitrogen and oxygen atoms in total. The molecule has 1 saturated heterocycles. The molecule has 0 bridgehead atoms. The van der Waals surface area contributed by atoms with E-state index in [0.717, 1.165) is 11.0 Å². The summed E-state index contributed by atoms with van der Waals surface area (Å²) in [5.74, 6) is -3.99. The molecule has 1 unspecified atom stereocenters. The third kappa shape index (κ3) is 5.02. The Hall–Kier alpha value is -3.57. The largest absolute Gasteiger partial charge is 0.326 e. The van der Waals surface area contributed by atoms with Crippen molar-refractivity contribution in [3.8, 4) is 11.1 Å². The van der Waals surface area contributed by atoms with Crippen LogP contribution in [0.15, 0.2) is 59.5 Å². The predicted octanol–water partition coefficient (Wildman–Crippen LogP) is 5.39. The number of hydrogen-bond acceptors (Lipinski definition) is 4. The van der Waals surface area contributed by atoms with E-state index in [1.807, 2.05) is 0 Å². The zero-order valence-corrected chi connectivity index (χ0v) is 20.4. The zero-order valence-electron chi connectivity index (χ0n) is 18.8. The highest BCUT2D eigenvalue weighted by molar-refractivity contribution is 7.91. The predicted molar refractivity (Wildman–Crippen MR) is 131 cm³/mol. The Morgan fingerprint density at radius 1 is 1.08 bits per heavy atom. The van der Waals surface area contributed by atoms with E-state index in [-0.39, 0.29) is 45.4 Å². The second-order valence-electron chi connectivity index (χ2n) is 8.15. The van der Waals surface area contributed by atoms with Crippen molar-refractivity contribution in [2.75, 3.05) is 23.0 Å². The minimum absolute atomic E-state index is 0.000872. The number of hydrogen-bond donors (Lipinski definition) is 3. The zero-order chi connectivity index (χ0) is 26.2. The first-order valence-corrected chi connectivity index (χ1v) is 13.0. The molecule has 2 atom stereocenters. The molecule has 1 aliphatic rings. The number of anilines is 2. The van der Waals surface area contributed by atoms with E-state index in [4.69, 9.17) is 16.4 Å². The molecular formula is C24H20ClF3N4O3S. The number of rotatable bonds is 5. The lowest BCUT2D eigenvalue weighted by atomic mass is 10.0. The SMILES string of the molecule is CS(=N)(=O)c1ccccc1-c1ccc(N2CC[C@@H](NC(=O)Nc3ccc(Cl)cc3F)C2=O)c(F)c1F. The lowest BCUT2D eigenvalue weighted by Crippen LogP contribution is -2.43. The molecule has 12 heteroatoms. The van der Waals surface area contributed by atoms with Crippen molar-refractivity contribution in [2.45, 2.75) is 17.4 Å². The number of nitrogens with zero attached hydrogens (tertiary/aromatic N) is 1. The first-order chi connectivity index (χ1) is 17.0. The number of amides is 3. The number of benzene rings is 3. The molecule has 0 spiro atoms. The van der Waals surface area contributed by atoms with E-state index in [9.17, 15) is 18.2 Å². The highest BCUT2D eigenvalue weighted by atomic mass is 35.5. The van der Waals surface area contributed by atoms with Gasteiger partial charge in [0.15, 0.2) is 11.6 Å². The summed E-state index contributed by atoms with van der Waals surface area (Å²) in [6, 6.07) is 10.2. The van der Waals surface area contributed by atoms with Crippen molar-refractivity contribution in [3.05, 3.63) is 77.1 Å². The molecule has 4 rings (SSSR count). The Kier molecular flexibility index (Phi) is 6.96. The fourth-order valence-electron chi connectivity index (χ4n) is 3.95. The highest BCUT2D eigenvalue weighted by Crippen LogP contribution is 2.35. The molecule has 0 aromatic heterocycles. The summed E-state index contributed by atoms with van der Waals surface area (Å²) in [6.07, 6.45) is 1.29. The fourth-order valence-corrected chi connectivity index (χ4v) is 5.04. The number of halogens is 4. The molecule has 3 aromatic rings. The third-order valence-electron chi connectivity index (χ3n) is 5.64. The molecular weight excluding hydrogens is 517 g/mol.